The van der Waals surface area contributed by atoms with Crippen molar-refractivity contribution in [2.75, 3.05) is 0 Å². The van der Waals surface area contributed by atoms with Crippen LogP contribution in [0.1, 0.15) is 23.6 Å². The van der Waals surface area contributed by atoms with E-state index < -0.39 is 0 Å². The van der Waals surface area contributed by atoms with Crippen LogP contribution in [0.2, 0.25) is 0 Å². The van der Waals surface area contributed by atoms with Gasteiger partial charge in [0.25, 0.3) is 0 Å². The lowest BCUT2D eigenvalue weighted by Gasteiger charge is -2.18. The van der Waals surface area contributed by atoms with Crippen molar-refractivity contribution in [3.63, 3.8) is 0 Å². The molecule has 1 aromatic carbocycles. The van der Waals surface area contributed by atoms with E-state index in [1.54, 1.807) is 11.3 Å². The van der Waals surface area contributed by atoms with Gasteiger partial charge in [-0.05, 0) is 47.8 Å². The quantitative estimate of drug-likeness (QED) is 0.696. The van der Waals surface area contributed by atoms with E-state index in [1.807, 2.05) is 0 Å². The summed E-state index contributed by atoms with van der Waals surface area (Å²) in [6.45, 7) is 9.15. The number of fused-ring (bicyclic) bond motifs is 3. The van der Waals surface area contributed by atoms with Crippen LogP contribution in [0.15, 0.2) is 61.2 Å². The van der Waals surface area contributed by atoms with Crippen LogP contribution in [0.25, 0.3) is 10.9 Å². The molecule has 1 aliphatic heterocycles. The van der Waals surface area contributed by atoms with E-state index in [-0.39, 0.29) is 0 Å². The zero-order valence-electron chi connectivity index (χ0n) is 12.8. The van der Waals surface area contributed by atoms with Crippen LogP contribution in [-0.2, 0) is 13.0 Å². The fraction of sp³-hybridized carbons (Fsp3) is 0.333. The molecule has 0 saturated heterocycles. The Bertz CT molecular complexity index is 835. The van der Waals surface area contributed by atoms with E-state index in [4.69, 9.17) is 0 Å². The average Bonchev–Trinajstić information content (AvgIpc) is 3.12. The van der Waals surface area contributed by atoms with Gasteiger partial charge < -0.3 is 4.57 Å². The fourth-order valence-electron chi connectivity index (χ4n) is 5.39. The predicted molar refractivity (Wildman–Crippen MR) is 91.9 cm³/mol. The smallest absolute Gasteiger partial charge is 0.0488 e. The predicted octanol–water partition coefficient (Wildman–Crippen LogP) is 4.85. The molecule has 5 rings (SSSR count). The Kier molecular flexibility index (Phi) is 2.42. The fourth-order valence-corrected chi connectivity index (χ4v) is 5.39. The Morgan fingerprint density at radius 1 is 1.18 bits per heavy atom. The van der Waals surface area contributed by atoms with Crippen LogP contribution in [0.3, 0.4) is 0 Å². The summed E-state index contributed by atoms with van der Waals surface area (Å²) in [5.74, 6) is 2.76. The van der Waals surface area contributed by atoms with Crippen LogP contribution in [0.5, 0.6) is 0 Å². The number of nitrogens with zero attached hydrogens (tertiary/aromatic N) is 1. The molecule has 0 radical (unpaired) electrons. The van der Waals surface area contributed by atoms with E-state index >= 15 is 0 Å². The normalized spacial score (nSPS) is 31.7. The molecule has 2 heterocycles. The van der Waals surface area contributed by atoms with E-state index in [2.05, 4.69) is 60.2 Å². The highest BCUT2D eigenvalue weighted by atomic mass is 15.0. The lowest BCUT2D eigenvalue weighted by molar-refractivity contribution is 0.433. The molecule has 3 aliphatic rings. The largest absolute Gasteiger partial charge is 0.340 e. The summed E-state index contributed by atoms with van der Waals surface area (Å²) in [6.07, 6.45) is 9.26. The molecular formula is C21H21N. The van der Waals surface area contributed by atoms with Crippen molar-refractivity contribution >= 4 is 10.9 Å². The molecule has 2 aliphatic carbocycles. The number of allylic oxidation sites excluding steroid dienone is 4. The van der Waals surface area contributed by atoms with Gasteiger partial charge in [-0.2, -0.15) is 0 Å². The first-order valence-corrected chi connectivity index (χ1v) is 8.37. The molecule has 22 heavy (non-hydrogen) atoms. The molecular weight excluding hydrogens is 266 g/mol. The molecule has 1 fully saturated rings. The number of benzene rings is 1. The number of hydrogen-bond acceptors (Lipinski definition) is 0. The molecule has 110 valence electrons. The summed E-state index contributed by atoms with van der Waals surface area (Å²) in [4.78, 5) is 0. The minimum atomic E-state index is 0.660. The standard InChI is InChI=1S/C21H21N/c1-3-13-9-15-10-14(4-2)17-11-18-16-7-5-6-8-19(16)22(12-13)21(18)20(15)17/h3-9,14-15,17,20H,1-2,10-12H2/t14-,15+,17+,20-/m0/s1. The van der Waals surface area contributed by atoms with Crippen LogP contribution in [0.4, 0.5) is 0 Å². The van der Waals surface area contributed by atoms with Gasteiger partial charge >= 0.3 is 0 Å². The summed E-state index contributed by atoms with van der Waals surface area (Å²) >= 11 is 0. The molecule has 1 aromatic heterocycles. The van der Waals surface area contributed by atoms with Crippen molar-refractivity contribution in [1.82, 2.24) is 4.57 Å². The van der Waals surface area contributed by atoms with Gasteiger partial charge in [-0.3, -0.25) is 0 Å². The Hall–Kier alpha value is -2.02. The lowest BCUT2D eigenvalue weighted by Crippen LogP contribution is -2.12. The van der Waals surface area contributed by atoms with E-state index in [9.17, 15) is 0 Å². The van der Waals surface area contributed by atoms with Gasteiger partial charge in [0.1, 0.15) is 0 Å². The lowest BCUT2D eigenvalue weighted by atomic mass is 9.89. The van der Waals surface area contributed by atoms with Crippen molar-refractivity contribution in [1.29, 1.82) is 0 Å². The maximum Gasteiger partial charge on any atom is 0.0488 e. The maximum atomic E-state index is 4.11. The van der Waals surface area contributed by atoms with Gasteiger partial charge in [-0.25, -0.2) is 0 Å². The third kappa shape index (κ3) is 1.39. The number of rotatable bonds is 2. The molecule has 0 amide bonds. The number of aromatic nitrogens is 1. The summed E-state index contributed by atoms with van der Waals surface area (Å²) < 4.78 is 2.58. The average molecular weight is 287 g/mol. The number of para-hydroxylation sites is 1. The summed E-state index contributed by atoms with van der Waals surface area (Å²) in [6, 6.07) is 8.94. The highest BCUT2D eigenvalue weighted by Gasteiger charge is 2.49. The maximum absolute atomic E-state index is 4.11. The zero-order valence-corrected chi connectivity index (χ0v) is 12.8. The van der Waals surface area contributed by atoms with E-state index in [0.717, 1.165) is 12.5 Å². The first-order chi connectivity index (χ1) is 10.8. The van der Waals surface area contributed by atoms with Crippen molar-refractivity contribution in [2.24, 2.45) is 17.8 Å². The van der Waals surface area contributed by atoms with Gasteiger partial charge in [-0.1, -0.05) is 43.0 Å². The van der Waals surface area contributed by atoms with Gasteiger partial charge in [0.2, 0.25) is 0 Å². The summed E-state index contributed by atoms with van der Waals surface area (Å²) in [7, 11) is 0. The van der Waals surface area contributed by atoms with E-state index in [0.29, 0.717) is 17.8 Å². The first kappa shape index (κ1) is 12.5. The molecule has 0 unspecified atom stereocenters. The number of hydrogen-bond donors (Lipinski definition) is 0. The van der Waals surface area contributed by atoms with Crippen molar-refractivity contribution in [3.8, 4) is 0 Å². The second kappa shape index (κ2) is 4.25. The Morgan fingerprint density at radius 2 is 2.05 bits per heavy atom. The van der Waals surface area contributed by atoms with E-state index in [1.165, 1.54) is 29.3 Å². The molecule has 0 spiro atoms. The molecule has 1 saturated carbocycles. The highest BCUT2D eigenvalue weighted by Crippen LogP contribution is 2.58. The topological polar surface area (TPSA) is 4.93 Å². The Balaban J connectivity index is 1.83. The minimum absolute atomic E-state index is 0.660. The van der Waals surface area contributed by atoms with Crippen LogP contribution < -0.4 is 0 Å². The second-order valence-electron chi connectivity index (χ2n) is 7.11. The van der Waals surface area contributed by atoms with Crippen molar-refractivity contribution in [3.05, 3.63) is 72.5 Å². The Morgan fingerprint density at radius 3 is 2.86 bits per heavy atom. The van der Waals surface area contributed by atoms with Gasteiger partial charge in [0.05, 0.1) is 0 Å². The minimum Gasteiger partial charge on any atom is -0.340 e. The van der Waals surface area contributed by atoms with Crippen LogP contribution >= 0.6 is 0 Å². The molecule has 0 N–H and O–H groups in total. The molecule has 4 atom stereocenters. The molecule has 2 aromatic rings. The highest BCUT2D eigenvalue weighted by molar-refractivity contribution is 5.87. The summed E-state index contributed by atoms with van der Waals surface area (Å²) in [5.41, 5.74) is 6.02. The molecule has 0 bridgehead atoms. The van der Waals surface area contributed by atoms with Gasteiger partial charge in [0, 0.05) is 29.1 Å². The zero-order chi connectivity index (χ0) is 14.8. The SMILES string of the molecule is C=CC1=C[C@@H]2C[C@H](C=C)[C@H]3Cc4c(n(c5ccccc45)C1)[C@H]32. The van der Waals surface area contributed by atoms with Gasteiger partial charge in [0.15, 0.2) is 0 Å². The first-order valence-electron chi connectivity index (χ1n) is 8.37. The third-order valence-electron chi connectivity index (χ3n) is 6.23. The third-order valence-corrected chi connectivity index (χ3v) is 6.23. The van der Waals surface area contributed by atoms with Crippen LogP contribution in [-0.4, -0.2) is 4.57 Å². The molecule has 1 heteroatoms. The Labute approximate surface area is 131 Å². The molecule has 1 nitrogen and oxygen atoms in total. The van der Waals surface area contributed by atoms with Crippen molar-refractivity contribution < 1.29 is 0 Å². The van der Waals surface area contributed by atoms with Crippen LogP contribution in [0, 0.1) is 17.8 Å². The monoisotopic (exact) mass is 287 g/mol. The second-order valence-corrected chi connectivity index (χ2v) is 7.11. The summed E-state index contributed by atoms with van der Waals surface area (Å²) in [5, 5.41) is 1.47. The van der Waals surface area contributed by atoms with Gasteiger partial charge in [-0.15, -0.1) is 6.58 Å². The van der Waals surface area contributed by atoms with Crippen molar-refractivity contribution in [2.45, 2.75) is 25.3 Å².